The van der Waals surface area contributed by atoms with Crippen molar-refractivity contribution in [1.29, 1.82) is 0 Å². The normalized spacial score (nSPS) is 10.8. The lowest BCUT2D eigenvalue weighted by molar-refractivity contribution is 0.475. The zero-order valence-corrected chi connectivity index (χ0v) is 30.4. The van der Waals surface area contributed by atoms with E-state index in [1.165, 1.54) is 24.4 Å². The molecule has 0 aliphatic rings. The van der Waals surface area contributed by atoms with Gasteiger partial charge in [0, 0.05) is 49.1 Å². The summed E-state index contributed by atoms with van der Waals surface area (Å²) < 4.78 is 57.8. The third kappa shape index (κ3) is 8.22. The molecule has 0 atom stereocenters. The number of aromatic nitrogens is 3. The van der Waals surface area contributed by atoms with E-state index in [1.54, 1.807) is 106 Å². The van der Waals surface area contributed by atoms with Gasteiger partial charge in [0.2, 0.25) is 11.9 Å². The molecule has 9 rings (SSSR count). The number of furan rings is 3. The molecule has 6 heterocycles. The number of benzene rings is 3. The van der Waals surface area contributed by atoms with Crippen molar-refractivity contribution in [3.63, 3.8) is 0 Å². The van der Waals surface area contributed by atoms with Gasteiger partial charge in [0.25, 0.3) is 0 Å². The lowest BCUT2D eigenvalue weighted by Crippen LogP contribution is -1.96. The van der Waals surface area contributed by atoms with E-state index in [9.17, 15) is 28.5 Å². The standard InChI is InChI=1S/3C14H11FN2O2/c1-16-11-4-3-10(17-14(11)15)13-7-8-6-9(18)2-5-12(8)19-13;1-16-13-5-3-10(14(15)17-13)12-7-8-6-9(18)2-4-11(8)19-12;1-16-14-11(15)5-9(7-17-14)13-6-8-4-10(18)2-3-12(8)19-13/h2-7,16,18H,1H3;2*2-7,18H,1H3,(H,16,17). The highest BCUT2D eigenvalue weighted by atomic mass is 19.1. The summed E-state index contributed by atoms with van der Waals surface area (Å²) in [7, 11) is 4.91. The monoisotopic (exact) mass is 774 g/mol. The summed E-state index contributed by atoms with van der Waals surface area (Å²) >= 11 is 0. The van der Waals surface area contributed by atoms with Crippen LogP contribution in [0.5, 0.6) is 17.2 Å². The molecule has 6 N–H and O–H groups in total. The van der Waals surface area contributed by atoms with Gasteiger partial charge in [0.05, 0.1) is 11.3 Å². The Hall–Kier alpha value is -7.68. The second-order valence-electron chi connectivity index (χ2n) is 12.4. The number of phenolic OH excluding ortho intramolecular Hbond substituents is 3. The molecular weight excluding hydrogens is 741 g/mol. The van der Waals surface area contributed by atoms with Crippen LogP contribution < -0.4 is 16.0 Å². The second-order valence-corrected chi connectivity index (χ2v) is 12.4. The van der Waals surface area contributed by atoms with Crippen LogP contribution in [0.1, 0.15) is 0 Å². The molecule has 9 aromatic rings. The van der Waals surface area contributed by atoms with Gasteiger partial charge >= 0.3 is 0 Å². The summed E-state index contributed by atoms with van der Waals surface area (Å²) in [6, 6.07) is 27.3. The Morgan fingerprint density at radius 2 is 1.09 bits per heavy atom. The van der Waals surface area contributed by atoms with Crippen molar-refractivity contribution in [3.05, 3.63) is 127 Å². The maximum atomic E-state index is 13.9. The predicted octanol–water partition coefficient (Wildman–Crippen LogP) is 10.1. The molecule has 0 saturated heterocycles. The van der Waals surface area contributed by atoms with Crippen molar-refractivity contribution < 1.29 is 41.7 Å². The maximum absolute atomic E-state index is 13.9. The third-order valence-electron chi connectivity index (χ3n) is 8.60. The fourth-order valence-corrected chi connectivity index (χ4v) is 5.77. The van der Waals surface area contributed by atoms with Gasteiger partial charge < -0.3 is 44.5 Å². The maximum Gasteiger partial charge on any atom is 0.236 e. The average molecular weight is 775 g/mol. The fraction of sp³-hybridized carbons (Fsp3) is 0.0714. The van der Waals surface area contributed by atoms with E-state index in [1.807, 2.05) is 0 Å². The number of aromatic hydroxyl groups is 3. The van der Waals surface area contributed by atoms with Gasteiger partial charge in [-0.2, -0.15) is 8.78 Å². The number of nitrogens with one attached hydrogen (secondary N) is 3. The summed E-state index contributed by atoms with van der Waals surface area (Å²) in [6.45, 7) is 0. The Balaban J connectivity index is 0.000000131. The number of rotatable bonds is 6. The Bertz CT molecular complexity index is 2740. The van der Waals surface area contributed by atoms with Gasteiger partial charge in [-0.25, -0.2) is 19.3 Å². The van der Waals surface area contributed by atoms with Crippen molar-refractivity contribution in [2.45, 2.75) is 0 Å². The van der Waals surface area contributed by atoms with Crippen LogP contribution in [-0.4, -0.2) is 51.4 Å². The van der Waals surface area contributed by atoms with E-state index in [-0.39, 0.29) is 28.6 Å². The molecule has 0 amide bonds. The highest BCUT2D eigenvalue weighted by Gasteiger charge is 2.14. The first kappa shape index (κ1) is 37.6. The van der Waals surface area contributed by atoms with E-state index in [0.717, 1.165) is 10.8 Å². The first-order chi connectivity index (χ1) is 27.5. The van der Waals surface area contributed by atoms with E-state index in [0.29, 0.717) is 62.2 Å². The zero-order valence-electron chi connectivity index (χ0n) is 30.4. The highest BCUT2D eigenvalue weighted by Crippen LogP contribution is 2.33. The van der Waals surface area contributed by atoms with E-state index < -0.39 is 17.7 Å². The largest absolute Gasteiger partial charge is 0.508 e. The predicted molar refractivity (Wildman–Crippen MR) is 212 cm³/mol. The Labute approximate surface area is 321 Å². The highest BCUT2D eigenvalue weighted by molar-refractivity contribution is 5.85. The van der Waals surface area contributed by atoms with Crippen molar-refractivity contribution in [1.82, 2.24) is 15.0 Å². The van der Waals surface area contributed by atoms with Gasteiger partial charge in [-0.15, -0.1) is 0 Å². The summed E-state index contributed by atoms with van der Waals surface area (Å²) in [5, 5.41) is 38.5. The molecule has 288 valence electrons. The second kappa shape index (κ2) is 16.0. The lowest BCUT2D eigenvalue weighted by atomic mass is 10.2. The van der Waals surface area contributed by atoms with Crippen LogP contribution in [0.3, 0.4) is 0 Å². The van der Waals surface area contributed by atoms with Crippen LogP contribution in [0.4, 0.5) is 30.5 Å². The average Bonchev–Trinajstić information content (AvgIpc) is 3.94. The van der Waals surface area contributed by atoms with Crippen molar-refractivity contribution in [2.24, 2.45) is 0 Å². The molecule has 0 spiro atoms. The van der Waals surface area contributed by atoms with Gasteiger partial charge in [-0.05, 0) is 103 Å². The molecule has 0 saturated carbocycles. The smallest absolute Gasteiger partial charge is 0.236 e. The third-order valence-corrected chi connectivity index (χ3v) is 8.60. The van der Waals surface area contributed by atoms with Gasteiger partial charge in [-0.3, -0.25) is 0 Å². The Kier molecular flexibility index (Phi) is 10.5. The Morgan fingerprint density at radius 1 is 0.526 bits per heavy atom. The molecular formula is C42H33F3N6O6. The lowest BCUT2D eigenvalue weighted by Gasteiger charge is -2.02. The number of nitrogens with zero attached hydrogens (tertiary/aromatic N) is 3. The molecule has 15 heteroatoms. The van der Waals surface area contributed by atoms with Crippen LogP contribution in [0, 0.1) is 17.7 Å². The van der Waals surface area contributed by atoms with Crippen molar-refractivity contribution in [3.8, 4) is 51.4 Å². The van der Waals surface area contributed by atoms with Crippen LogP contribution in [0.2, 0.25) is 0 Å². The molecule has 0 unspecified atom stereocenters. The Morgan fingerprint density at radius 3 is 1.61 bits per heavy atom. The molecule has 0 aliphatic carbocycles. The number of fused-ring (bicyclic) bond motifs is 3. The number of phenols is 3. The quantitative estimate of drug-likeness (QED) is 0.0884. The van der Waals surface area contributed by atoms with Crippen LogP contribution in [0.15, 0.2) is 123 Å². The molecule has 0 bridgehead atoms. The van der Waals surface area contributed by atoms with Gasteiger partial charge in [-0.1, -0.05) is 0 Å². The molecule has 3 aromatic carbocycles. The van der Waals surface area contributed by atoms with Crippen LogP contribution in [-0.2, 0) is 0 Å². The summed E-state index contributed by atoms with van der Waals surface area (Å²) in [4.78, 5) is 11.6. The fourth-order valence-electron chi connectivity index (χ4n) is 5.77. The summed E-state index contributed by atoms with van der Waals surface area (Å²) in [5.41, 5.74) is 3.41. The molecule has 0 fully saturated rings. The summed E-state index contributed by atoms with van der Waals surface area (Å²) in [6.07, 6.45) is 1.53. The van der Waals surface area contributed by atoms with E-state index in [2.05, 4.69) is 30.9 Å². The van der Waals surface area contributed by atoms with Crippen LogP contribution >= 0.6 is 0 Å². The topological polar surface area (TPSA) is 175 Å². The molecule has 57 heavy (non-hydrogen) atoms. The molecule has 0 radical (unpaired) electrons. The van der Waals surface area contributed by atoms with E-state index >= 15 is 0 Å². The minimum absolute atomic E-state index is 0.143. The number of halogens is 3. The molecule has 12 nitrogen and oxygen atoms in total. The molecule has 0 aliphatic heterocycles. The molecule has 6 aromatic heterocycles. The van der Waals surface area contributed by atoms with Crippen LogP contribution in [0.25, 0.3) is 67.0 Å². The first-order valence-electron chi connectivity index (χ1n) is 17.2. The van der Waals surface area contributed by atoms with E-state index in [4.69, 9.17) is 13.3 Å². The minimum atomic E-state index is -0.602. The van der Waals surface area contributed by atoms with Crippen molar-refractivity contribution in [2.75, 3.05) is 37.1 Å². The number of pyridine rings is 3. The summed E-state index contributed by atoms with van der Waals surface area (Å²) in [5.74, 6) is 0.836. The minimum Gasteiger partial charge on any atom is -0.508 e. The van der Waals surface area contributed by atoms with Gasteiger partial charge in [0.15, 0.2) is 17.4 Å². The van der Waals surface area contributed by atoms with Gasteiger partial charge in [0.1, 0.15) is 57.0 Å². The SMILES string of the molecule is CNc1ccc(-c2cc3cc(O)ccc3o2)c(F)n1.CNc1ccc(-c2cc3cc(O)ccc3o2)nc1F.CNc1ncc(-c2cc3cc(O)ccc3o2)cc1F. The number of anilines is 3. The first-order valence-corrected chi connectivity index (χ1v) is 17.2. The number of hydrogen-bond acceptors (Lipinski definition) is 12. The number of hydrogen-bond donors (Lipinski definition) is 6. The zero-order chi connectivity index (χ0) is 40.2. The van der Waals surface area contributed by atoms with Crippen molar-refractivity contribution >= 4 is 50.2 Å².